The number of benzene rings is 2. The average molecular weight is 411 g/mol. The largest absolute Gasteiger partial charge is 0.484 e. The van der Waals surface area contributed by atoms with Gasteiger partial charge in [-0.15, -0.1) is 0 Å². The molecule has 3 atom stereocenters. The Bertz CT molecular complexity index is 864. The van der Waals surface area contributed by atoms with Crippen LogP contribution in [0, 0.1) is 11.8 Å². The first-order valence-electron chi connectivity index (χ1n) is 10.4. The van der Waals surface area contributed by atoms with Crippen LogP contribution in [0.2, 0.25) is 0 Å². The van der Waals surface area contributed by atoms with Crippen LogP contribution in [0.1, 0.15) is 30.0 Å². The number of hydrogen-bond acceptors (Lipinski definition) is 4. The van der Waals surface area contributed by atoms with Crippen molar-refractivity contribution in [1.29, 1.82) is 0 Å². The number of amides is 1. The van der Waals surface area contributed by atoms with Crippen LogP contribution < -0.4 is 10.1 Å². The fourth-order valence-electron chi connectivity index (χ4n) is 3.56. The summed E-state index contributed by atoms with van der Waals surface area (Å²) in [6.45, 7) is 2.56. The Balaban J connectivity index is 1.43. The van der Waals surface area contributed by atoms with E-state index in [9.17, 15) is 19.8 Å². The van der Waals surface area contributed by atoms with Crippen LogP contribution in [0.3, 0.4) is 0 Å². The Kier molecular flexibility index (Phi) is 7.46. The van der Waals surface area contributed by atoms with E-state index < -0.39 is 18.0 Å². The second kappa shape index (κ2) is 10.3. The van der Waals surface area contributed by atoms with Gasteiger partial charge in [0.05, 0.1) is 12.0 Å². The highest BCUT2D eigenvalue weighted by Gasteiger charge is 2.45. The Hall–Kier alpha value is -2.86. The maximum Gasteiger partial charge on any atom is 0.307 e. The van der Waals surface area contributed by atoms with Crippen molar-refractivity contribution in [1.82, 2.24) is 5.32 Å². The summed E-state index contributed by atoms with van der Waals surface area (Å²) in [6.07, 6.45) is 2.12. The van der Waals surface area contributed by atoms with E-state index in [0.29, 0.717) is 25.1 Å². The highest BCUT2D eigenvalue weighted by atomic mass is 16.5. The van der Waals surface area contributed by atoms with Gasteiger partial charge in [0, 0.05) is 12.5 Å². The number of ether oxygens (including phenoxy) is 1. The van der Waals surface area contributed by atoms with Crippen LogP contribution in [0.4, 0.5) is 0 Å². The fourth-order valence-corrected chi connectivity index (χ4v) is 3.56. The van der Waals surface area contributed by atoms with Gasteiger partial charge in [-0.3, -0.25) is 9.59 Å². The molecule has 3 N–H and O–H groups in total. The summed E-state index contributed by atoms with van der Waals surface area (Å²) in [7, 11) is 0. The minimum Gasteiger partial charge on any atom is -0.484 e. The van der Waals surface area contributed by atoms with Gasteiger partial charge in [-0.25, -0.2) is 0 Å². The van der Waals surface area contributed by atoms with Crippen molar-refractivity contribution < 1.29 is 24.5 Å². The number of aliphatic carboxylic acids is 1. The van der Waals surface area contributed by atoms with E-state index in [-0.39, 0.29) is 18.4 Å². The highest BCUT2D eigenvalue weighted by Crippen LogP contribution is 2.39. The van der Waals surface area contributed by atoms with E-state index in [1.807, 2.05) is 6.07 Å². The molecule has 2 aromatic rings. The van der Waals surface area contributed by atoms with Crippen molar-refractivity contribution in [3.63, 3.8) is 0 Å². The van der Waals surface area contributed by atoms with Crippen molar-refractivity contribution in [2.75, 3.05) is 13.2 Å². The zero-order valence-electron chi connectivity index (χ0n) is 17.2. The lowest BCUT2D eigenvalue weighted by atomic mass is 9.94. The molecular weight excluding hydrogens is 382 g/mol. The van der Waals surface area contributed by atoms with E-state index in [1.54, 1.807) is 18.2 Å². The number of hydrogen-bond donors (Lipinski definition) is 3. The smallest absolute Gasteiger partial charge is 0.307 e. The highest BCUT2D eigenvalue weighted by molar-refractivity contribution is 5.77. The number of carboxylic acids is 1. The predicted molar refractivity (Wildman–Crippen MR) is 113 cm³/mol. The number of rotatable bonds is 11. The summed E-state index contributed by atoms with van der Waals surface area (Å²) in [6, 6.07) is 15.5. The molecule has 0 bridgehead atoms. The molecule has 6 nitrogen and oxygen atoms in total. The lowest BCUT2D eigenvalue weighted by Crippen LogP contribution is -2.30. The number of carboxylic acid groups (broad SMARTS) is 1. The number of aryl methyl sites for hydroxylation is 1. The SMILES string of the molecule is CCc1ccc(CCNC(=O)COc2cccc(CC(C(=O)O)C3CC3O)c2)cc1. The van der Waals surface area contributed by atoms with E-state index in [1.165, 1.54) is 11.1 Å². The van der Waals surface area contributed by atoms with E-state index in [0.717, 1.165) is 18.4 Å². The second-order valence-corrected chi connectivity index (χ2v) is 7.82. The molecule has 3 rings (SSSR count). The van der Waals surface area contributed by atoms with Crippen LogP contribution in [0.25, 0.3) is 0 Å². The monoisotopic (exact) mass is 411 g/mol. The first-order valence-corrected chi connectivity index (χ1v) is 10.4. The Morgan fingerprint density at radius 2 is 1.83 bits per heavy atom. The molecule has 0 aromatic heterocycles. The minimum atomic E-state index is -0.897. The normalized spacial score (nSPS) is 18.5. The molecule has 160 valence electrons. The van der Waals surface area contributed by atoms with E-state index in [4.69, 9.17) is 4.74 Å². The summed E-state index contributed by atoms with van der Waals surface area (Å²) in [4.78, 5) is 23.5. The van der Waals surface area contributed by atoms with Crippen LogP contribution in [-0.2, 0) is 28.9 Å². The number of carbonyl (C=O) groups is 2. The first-order chi connectivity index (χ1) is 14.5. The van der Waals surface area contributed by atoms with Crippen molar-refractivity contribution in [3.8, 4) is 5.75 Å². The Labute approximate surface area is 176 Å². The van der Waals surface area contributed by atoms with Crippen LogP contribution in [-0.4, -0.2) is 41.3 Å². The van der Waals surface area contributed by atoms with Gasteiger partial charge in [0.2, 0.25) is 0 Å². The lowest BCUT2D eigenvalue weighted by molar-refractivity contribution is -0.142. The van der Waals surface area contributed by atoms with Crippen LogP contribution in [0.5, 0.6) is 5.75 Å². The lowest BCUT2D eigenvalue weighted by Gasteiger charge is -2.13. The zero-order valence-corrected chi connectivity index (χ0v) is 17.2. The Morgan fingerprint density at radius 3 is 2.47 bits per heavy atom. The first kappa shape index (κ1) is 21.8. The van der Waals surface area contributed by atoms with Crippen LogP contribution >= 0.6 is 0 Å². The number of aliphatic hydroxyl groups excluding tert-OH is 1. The molecule has 0 saturated heterocycles. The minimum absolute atomic E-state index is 0.0953. The molecule has 0 spiro atoms. The van der Waals surface area contributed by atoms with E-state index in [2.05, 4.69) is 36.5 Å². The van der Waals surface area contributed by atoms with Gasteiger partial charge in [-0.1, -0.05) is 43.3 Å². The molecule has 1 amide bonds. The average Bonchev–Trinajstić information content (AvgIpc) is 3.47. The summed E-state index contributed by atoms with van der Waals surface area (Å²) in [5.41, 5.74) is 3.28. The fraction of sp³-hybridized carbons (Fsp3) is 0.417. The second-order valence-electron chi connectivity index (χ2n) is 7.82. The summed E-state index contributed by atoms with van der Waals surface area (Å²) in [5.74, 6) is -1.36. The predicted octanol–water partition coefficient (Wildman–Crippen LogP) is 2.61. The summed E-state index contributed by atoms with van der Waals surface area (Å²) in [5, 5.41) is 21.8. The maximum atomic E-state index is 12.1. The Morgan fingerprint density at radius 1 is 1.13 bits per heavy atom. The van der Waals surface area contributed by atoms with Crippen molar-refractivity contribution in [2.45, 2.75) is 38.7 Å². The molecule has 1 fully saturated rings. The standard InChI is InChI=1S/C24H29NO5/c1-2-16-6-8-17(9-7-16)10-11-25-23(27)15-30-19-5-3-4-18(12-19)13-21(24(28)29)20-14-22(20)26/h3-9,12,20-22,26H,2,10-11,13-15H2,1H3,(H,25,27)(H,28,29). The molecule has 0 aliphatic heterocycles. The molecule has 1 aliphatic rings. The molecule has 30 heavy (non-hydrogen) atoms. The third-order valence-corrected chi connectivity index (χ3v) is 5.53. The number of nitrogens with one attached hydrogen (secondary N) is 1. The van der Waals surface area contributed by atoms with Crippen molar-refractivity contribution in [3.05, 3.63) is 65.2 Å². The molecule has 1 aliphatic carbocycles. The van der Waals surface area contributed by atoms with E-state index >= 15 is 0 Å². The number of carbonyl (C=O) groups excluding carboxylic acids is 1. The summed E-state index contributed by atoms with van der Waals surface area (Å²) < 4.78 is 5.57. The third-order valence-electron chi connectivity index (χ3n) is 5.53. The van der Waals surface area contributed by atoms with Gasteiger partial charge in [0.15, 0.2) is 6.61 Å². The third kappa shape index (κ3) is 6.32. The van der Waals surface area contributed by atoms with Gasteiger partial charge in [-0.05, 0) is 54.5 Å². The van der Waals surface area contributed by atoms with Gasteiger partial charge in [0.25, 0.3) is 5.91 Å². The van der Waals surface area contributed by atoms with Gasteiger partial charge < -0.3 is 20.3 Å². The number of aliphatic hydroxyl groups is 1. The molecule has 3 unspecified atom stereocenters. The van der Waals surface area contributed by atoms with Gasteiger partial charge in [0.1, 0.15) is 5.75 Å². The van der Waals surface area contributed by atoms with Gasteiger partial charge >= 0.3 is 5.97 Å². The quantitative estimate of drug-likeness (QED) is 0.528. The summed E-state index contributed by atoms with van der Waals surface area (Å²) >= 11 is 0. The molecular formula is C24H29NO5. The molecule has 6 heteroatoms. The molecule has 0 radical (unpaired) electrons. The van der Waals surface area contributed by atoms with Gasteiger partial charge in [-0.2, -0.15) is 0 Å². The zero-order chi connectivity index (χ0) is 21.5. The molecule has 0 heterocycles. The molecule has 1 saturated carbocycles. The van der Waals surface area contributed by atoms with Crippen LogP contribution in [0.15, 0.2) is 48.5 Å². The maximum absolute atomic E-state index is 12.1. The topological polar surface area (TPSA) is 95.9 Å². The van der Waals surface area contributed by atoms with Crippen molar-refractivity contribution in [2.24, 2.45) is 11.8 Å². The van der Waals surface area contributed by atoms with Crippen molar-refractivity contribution >= 4 is 11.9 Å². The molecule has 2 aromatic carbocycles.